The van der Waals surface area contributed by atoms with E-state index in [2.05, 4.69) is 36.2 Å². The Kier molecular flexibility index (Phi) is 9.21. The van der Waals surface area contributed by atoms with E-state index < -0.39 is 11.2 Å². The number of para-hydroxylation sites is 1. The van der Waals surface area contributed by atoms with E-state index >= 15 is 0 Å². The molecule has 0 radical (unpaired) electrons. The first-order valence-corrected chi connectivity index (χ1v) is 14.1. The lowest BCUT2D eigenvalue weighted by Crippen LogP contribution is -2.48. The van der Waals surface area contributed by atoms with Crippen LogP contribution < -0.4 is 5.32 Å². The number of thioether (sulfide) groups is 1. The molecule has 9 heteroatoms. The lowest BCUT2D eigenvalue weighted by atomic mass is 10.0. The number of carbonyl (C=O) groups is 3. The first kappa shape index (κ1) is 27.1. The number of aryl methyl sites for hydroxylation is 2. The Hall–Kier alpha value is -2.91. The van der Waals surface area contributed by atoms with Crippen LogP contribution in [0.15, 0.2) is 42.5 Å². The molecule has 0 aliphatic carbocycles. The zero-order valence-electron chi connectivity index (χ0n) is 21.5. The van der Waals surface area contributed by atoms with Gasteiger partial charge >= 0.3 is 0 Å². The molecule has 7 nitrogen and oxygen atoms in total. The zero-order chi connectivity index (χ0) is 26.4. The van der Waals surface area contributed by atoms with E-state index in [0.29, 0.717) is 37.5 Å². The normalized spacial score (nSPS) is 18.5. The van der Waals surface area contributed by atoms with E-state index in [4.69, 9.17) is 0 Å². The second-order valence-corrected chi connectivity index (χ2v) is 10.6. The summed E-state index contributed by atoms with van der Waals surface area (Å²) >= 11 is 1.47. The molecule has 1 atom stereocenters. The van der Waals surface area contributed by atoms with Crippen LogP contribution in [0, 0.1) is 5.82 Å². The molecule has 2 aromatic rings. The van der Waals surface area contributed by atoms with Gasteiger partial charge in [0.1, 0.15) is 5.82 Å². The van der Waals surface area contributed by atoms with Gasteiger partial charge in [0, 0.05) is 49.7 Å². The summed E-state index contributed by atoms with van der Waals surface area (Å²) in [5, 5.41) is 2.55. The van der Waals surface area contributed by atoms with E-state index in [1.165, 1.54) is 36.0 Å². The van der Waals surface area contributed by atoms with E-state index in [1.807, 2.05) is 11.0 Å². The summed E-state index contributed by atoms with van der Waals surface area (Å²) in [7, 11) is 0. The Bertz CT molecular complexity index is 1100. The number of halogens is 1. The quantitative estimate of drug-likeness (QED) is 0.597. The molecule has 2 aliphatic rings. The number of benzene rings is 2. The first-order chi connectivity index (χ1) is 17.9. The van der Waals surface area contributed by atoms with Crippen molar-refractivity contribution in [2.45, 2.75) is 38.5 Å². The number of nitrogens with zero attached hydrogens (tertiary/aromatic N) is 3. The van der Waals surface area contributed by atoms with Gasteiger partial charge in [0.2, 0.25) is 5.91 Å². The van der Waals surface area contributed by atoms with Crippen LogP contribution in [0.25, 0.3) is 0 Å². The van der Waals surface area contributed by atoms with Crippen molar-refractivity contribution < 1.29 is 18.8 Å². The van der Waals surface area contributed by atoms with Crippen LogP contribution in [-0.2, 0) is 22.4 Å². The zero-order valence-corrected chi connectivity index (χ0v) is 22.4. The number of rotatable bonds is 7. The molecule has 2 heterocycles. The SMILES string of the molecule is CCc1cccc(CC)c1NC(=O)CN1CCCN(C(=O)C2SCCN2C(=O)c2ccc(F)cc2)CC1. The topological polar surface area (TPSA) is 73.0 Å². The maximum absolute atomic E-state index is 13.4. The summed E-state index contributed by atoms with van der Waals surface area (Å²) in [5.74, 6) is -0.0902. The lowest BCUT2D eigenvalue weighted by Gasteiger charge is -2.29. The van der Waals surface area contributed by atoms with Gasteiger partial charge in [-0.15, -0.1) is 11.8 Å². The van der Waals surface area contributed by atoms with Gasteiger partial charge in [0.25, 0.3) is 11.8 Å². The second kappa shape index (κ2) is 12.6. The second-order valence-electron chi connectivity index (χ2n) is 9.39. The summed E-state index contributed by atoms with van der Waals surface area (Å²) < 4.78 is 13.3. The molecule has 3 amide bonds. The number of nitrogens with one attached hydrogen (secondary N) is 1. The largest absolute Gasteiger partial charge is 0.339 e. The molecule has 1 unspecified atom stereocenters. The van der Waals surface area contributed by atoms with Crippen LogP contribution in [0.5, 0.6) is 0 Å². The third-order valence-electron chi connectivity index (χ3n) is 6.98. The van der Waals surface area contributed by atoms with Crippen molar-refractivity contribution >= 4 is 35.2 Å². The Morgan fingerprint density at radius 1 is 0.946 bits per heavy atom. The molecular weight excluding hydrogens is 491 g/mol. The fourth-order valence-electron chi connectivity index (χ4n) is 4.93. The fourth-order valence-corrected chi connectivity index (χ4v) is 6.13. The van der Waals surface area contributed by atoms with Crippen LogP contribution in [0.4, 0.5) is 10.1 Å². The van der Waals surface area contributed by atoms with Gasteiger partial charge in [0.15, 0.2) is 5.37 Å². The highest BCUT2D eigenvalue weighted by Gasteiger charge is 2.38. The third kappa shape index (κ3) is 6.51. The number of hydrogen-bond donors (Lipinski definition) is 1. The number of hydrogen-bond acceptors (Lipinski definition) is 5. The molecule has 2 fully saturated rings. The minimum absolute atomic E-state index is 0.0437. The van der Waals surface area contributed by atoms with Gasteiger partial charge in [-0.05, 0) is 54.7 Å². The molecule has 0 saturated carbocycles. The standard InChI is InChI=1S/C28H35FN4O3S/c1-3-20-7-5-8-21(4-2)25(20)30-24(34)19-31-13-6-14-32(16-15-31)27(36)28-33(17-18-37-28)26(35)22-9-11-23(29)12-10-22/h5,7-12,28H,3-4,6,13-19H2,1-2H3,(H,30,34). The van der Waals surface area contributed by atoms with Crippen molar-refractivity contribution in [1.29, 1.82) is 0 Å². The van der Waals surface area contributed by atoms with Crippen molar-refractivity contribution in [3.05, 3.63) is 65.0 Å². The minimum Gasteiger partial charge on any atom is -0.339 e. The van der Waals surface area contributed by atoms with Crippen LogP contribution >= 0.6 is 11.8 Å². The number of anilines is 1. The average Bonchev–Trinajstić information content (AvgIpc) is 3.28. The van der Waals surface area contributed by atoms with E-state index in [9.17, 15) is 18.8 Å². The van der Waals surface area contributed by atoms with Gasteiger partial charge in [-0.2, -0.15) is 0 Å². The predicted octanol–water partition coefficient (Wildman–Crippen LogP) is 3.64. The Labute approximate surface area is 222 Å². The van der Waals surface area contributed by atoms with Crippen LogP contribution in [0.3, 0.4) is 0 Å². The average molecular weight is 527 g/mol. The number of amides is 3. The molecule has 198 valence electrons. The molecule has 0 bridgehead atoms. The highest BCUT2D eigenvalue weighted by molar-refractivity contribution is 8.00. The Balaban J connectivity index is 1.34. The summed E-state index contributed by atoms with van der Waals surface area (Å²) in [6.07, 6.45) is 2.46. The monoisotopic (exact) mass is 526 g/mol. The van der Waals surface area contributed by atoms with Crippen molar-refractivity contribution in [3.8, 4) is 0 Å². The third-order valence-corrected chi connectivity index (χ3v) is 8.18. The Morgan fingerprint density at radius 3 is 2.32 bits per heavy atom. The first-order valence-electron chi connectivity index (χ1n) is 13.0. The molecule has 0 aromatic heterocycles. The van der Waals surface area contributed by atoms with Gasteiger partial charge in [-0.1, -0.05) is 32.0 Å². The van der Waals surface area contributed by atoms with Crippen LogP contribution in [0.1, 0.15) is 41.8 Å². The molecule has 1 N–H and O–H groups in total. The lowest BCUT2D eigenvalue weighted by molar-refractivity contribution is -0.132. The maximum atomic E-state index is 13.4. The van der Waals surface area contributed by atoms with Crippen LogP contribution in [-0.4, -0.2) is 82.8 Å². The van der Waals surface area contributed by atoms with Gasteiger partial charge in [-0.25, -0.2) is 4.39 Å². The molecule has 2 saturated heterocycles. The molecular formula is C28H35FN4O3S. The fraction of sp³-hybridized carbons (Fsp3) is 0.464. The van der Waals surface area contributed by atoms with Crippen molar-refractivity contribution in [3.63, 3.8) is 0 Å². The Morgan fingerprint density at radius 2 is 1.65 bits per heavy atom. The van der Waals surface area contributed by atoms with E-state index in [0.717, 1.165) is 42.6 Å². The highest BCUT2D eigenvalue weighted by atomic mass is 32.2. The maximum Gasteiger partial charge on any atom is 0.255 e. The van der Waals surface area contributed by atoms with Gasteiger partial charge in [0.05, 0.1) is 6.54 Å². The van der Waals surface area contributed by atoms with Gasteiger partial charge < -0.3 is 15.1 Å². The molecule has 37 heavy (non-hydrogen) atoms. The minimum atomic E-state index is -0.578. The van der Waals surface area contributed by atoms with E-state index in [1.54, 1.807) is 4.90 Å². The van der Waals surface area contributed by atoms with Crippen molar-refractivity contribution in [1.82, 2.24) is 14.7 Å². The highest BCUT2D eigenvalue weighted by Crippen LogP contribution is 2.28. The summed E-state index contributed by atoms with van der Waals surface area (Å²) in [6, 6.07) is 11.6. The van der Waals surface area contributed by atoms with Crippen LogP contribution in [0.2, 0.25) is 0 Å². The van der Waals surface area contributed by atoms with E-state index in [-0.39, 0.29) is 24.3 Å². The van der Waals surface area contributed by atoms with Crippen molar-refractivity contribution in [2.24, 2.45) is 0 Å². The smallest absolute Gasteiger partial charge is 0.255 e. The molecule has 4 rings (SSSR count). The molecule has 2 aliphatic heterocycles. The summed E-state index contributed by atoms with van der Waals surface area (Å²) in [5.41, 5.74) is 3.57. The summed E-state index contributed by atoms with van der Waals surface area (Å²) in [6.45, 7) is 7.34. The molecule has 2 aromatic carbocycles. The van der Waals surface area contributed by atoms with Crippen molar-refractivity contribution in [2.75, 3.05) is 50.3 Å². The number of carbonyl (C=O) groups excluding carboxylic acids is 3. The predicted molar refractivity (Wildman–Crippen MR) is 145 cm³/mol. The van der Waals surface area contributed by atoms with Gasteiger partial charge in [-0.3, -0.25) is 19.3 Å². The summed E-state index contributed by atoms with van der Waals surface area (Å²) in [4.78, 5) is 44.8. The molecule has 0 spiro atoms.